The monoisotopic (exact) mass is 404 g/mol. The molecule has 27 heavy (non-hydrogen) atoms. The quantitative estimate of drug-likeness (QED) is 0.747. The number of benzene rings is 2. The van der Waals surface area contributed by atoms with Gasteiger partial charge in [0.2, 0.25) is 17.7 Å². The first kappa shape index (κ1) is 19.3. The number of hydrogen-bond donors (Lipinski definition) is 1. The van der Waals surface area contributed by atoms with E-state index in [0.29, 0.717) is 22.1 Å². The van der Waals surface area contributed by atoms with Crippen molar-refractivity contribution in [3.05, 3.63) is 53.6 Å². The summed E-state index contributed by atoms with van der Waals surface area (Å²) in [5, 5.41) is 2.66. The van der Waals surface area contributed by atoms with Crippen molar-refractivity contribution in [2.75, 3.05) is 23.1 Å². The number of hydrogen-bond acceptors (Lipinski definition) is 5. The summed E-state index contributed by atoms with van der Waals surface area (Å²) in [7, 11) is 1.54. The Bertz CT molecular complexity index is 872. The van der Waals surface area contributed by atoms with Crippen molar-refractivity contribution in [3.63, 3.8) is 0 Å². The lowest BCUT2D eigenvalue weighted by molar-refractivity contribution is -0.121. The maximum atomic E-state index is 12.6. The van der Waals surface area contributed by atoms with Crippen molar-refractivity contribution in [3.8, 4) is 5.75 Å². The number of thioether (sulfide) groups is 1. The molecule has 1 aliphatic rings. The van der Waals surface area contributed by atoms with E-state index in [1.165, 1.54) is 0 Å². The van der Waals surface area contributed by atoms with Crippen molar-refractivity contribution in [2.24, 2.45) is 0 Å². The summed E-state index contributed by atoms with van der Waals surface area (Å²) < 4.78 is 5.08. The second-order valence-corrected chi connectivity index (χ2v) is 7.46. The molecule has 140 valence electrons. The van der Waals surface area contributed by atoms with E-state index >= 15 is 0 Å². The second-order valence-electron chi connectivity index (χ2n) is 5.83. The highest BCUT2D eigenvalue weighted by Crippen LogP contribution is 2.30. The van der Waals surface area contributed by atoms with Crippen molar-refractivity contribution in [1.29, 1.82) is 0 Å². The van der Waals surface area contributed by atoms with E-state index < -0.39 is 5.25 Å². The van der Waals surface area contributed by atoms with E-state index in [-0.39, 0.29) is 29.9 Å². The van der Waals surface area contributed by atoms with Gasteiger partial charge >= 0.3 is 0 Å². The van der Waals surface area contributed by atoms with Gasteiger partial charge in [0.05, 0.1) is 23.8 Å². The maximum Gasteiger partial charge on any atom is 0.247 e. The van der Waals surface area contributed by atoms with Gasteiger partial charge in [-0.25, -0.2) is 4.90 Å². The minimum atomic E-state index is -0.579. The lowest BCUT2D eigenvalue weighted by Crippen LogP contribution is -2.31. The summed E-state index contributed by atoms with van der Waals surface area (Å²) in [5.74, 6) is -0.150. The highest BCUT2D eigenvalue weighted by molar-refractivity contribution is 8.01. The predicted octanol–water partition coefficient (Wildman–Crippen LogP) is 3.35. The summed E-state index contributed by atoms with van der Waals surface area (Å²) in [6.07, 6.45) is 0.0694. The second kappa shape index (κ2) is 8.45. The summed E-state index contributed by atoms with van der Waals surface area (Å²) in [6, 6.07) is 13.5. The number of carbonyl (C=O) groups is 3. The molecule has 0 bridgehead atoms. The molecule has 0 aliphatic carbocycles. The number of methoxy groups -OCH3 is 1. The molecule has 0 saturated carbocycles. The van der Waals surface area contributed by atoms with E-state index in [2.05, 4.69) is 5.32 Å². The van der Waals surface area contributed by atoms with Crippen molar-refractivity contribution >= 4 is 52.5 Å². The van der Waals surface area contributed by atoms with Gasteiger partial charge in [0.1, 0.15) is 5.75 Å². The van der Waals surface area contributed by atoms with Crippen molar-refractivity contribution in [2.45, 2.75) is 11.7 Å². The molecule has 3 amide bonds. The molecule has 1 atom stereocenters. The zero-order chi connectivity index (χ0) is 19.4. The van der Waals surface area contributed by atoms with Crippen LogP contribution in [-0.2, 0) is 14.4 Å². The molecule has 3 rings (SSSR count). The van der Waals surface area contributed by atoms with E-state index in [4.69, 9.17) is 16.3 Å². The Kier molecular flexibility index (Phi) is 6.03. The summed E-state index contributed by atoms with van der Waals surface area (Å²) in [5.41, 5.74) is 1.08. The SMILES string of the molecule is COc1ccc(N2C(=O)C[C@H](SCC(=O)Nc3cccc(Cl)c3)C2=O)cc1. The maximum absolute atomic E-state index is 12.6. The number of carbonyl (C=O) groups excluding carboxylic acids is 3. The Morgan fingerprint density at radius 3 is 2.67 bits per heavy atom. The highest BCUT2D eigenvalue weighted by Gasteiger charge is 2.40. The largest absolute Gasteiger partial charge is 0.497 e. The molecule has 1 aliphatic heterocycles. The molecule has 1 heterocycles. The van der Waals surface area contributed by atoms with Crippen LogP contribution in [-0.4, -0.2) is 35.8 Å². The van der Waals surface area contributed by atoms with Gasteiger partial charge in [-0.1, -0.05) is 17.7 Å². The summed E-state index contributed by atoms with van der Waals surface area (Å²) >= 11 is 7.04. The number of nitrogens with zero attached hydrogens (tertiary/aromatic N) is 1. The molecule has 2 aromatic carbocycles. The van der Waals surface area contributed by atoms with Gasteiger partial charge in [0, 0.05) is 17.1 Å². The van der Waals surface area contributed by atoms with Crippen LogP contribution in [0.4, 0.5) is 11.4 Å². The summed E-state index contributed by atoms with van der Waals surface area (Å²) in [4.78, 5) is 38.1. The fourth-order valence-corrected chi connectivity index (χ4v) is 3.80. The van der Waals surface area contributed by atoms with Crippen LogP contribution in [0.1, 0.15) is 6.42 Å². The number of rotatable bonds is 6. The average Bonchev–Trinajstić information content (AvgIpc) is 2.94. The van der Waals surface area contributed by atoms with Gasteiger partial charge in [-0.2, -0.15) is 0 Å². The van der Waals surface area contributed by atoms with Crippen molar-refractivity contribution in [1.82, 2.24) is 0 Å². The van der Waals surface area contributed by atoms with Crippen LogP contribution in [0.15, 0.2) is 48.5 Å². The number of nitrogens with one attached hydrogen (secondary N) is 1. The molecule has 1 fully saturated rings. The van der Waals surface area contributed by atoms with Crippen LogP contribution < -0.4 is 15.0 Å². The van der Waals surface area contributed by atoms with Crippen LogP contribution in [0.3, 0.4) is 0 Å². The molecule has 1 saturated heterocycles. The first-order chi connectivity index (χ1) is 13.0. The average molecular weight is 405 g/mol. The molecule has 0 unspecified atom stereocenters. The molecular formula is C19H17ClN2O4S. The molecule has 6 nitrogen and oxygen atoms in total. The van der Waals surface area contributed by atoms with Gasteiger partial charge in [-0.05, 0) is 42.5 Å². The number of ether oxygens (including phenoxy) is 1. The molecule has 1 N–H and O–H groups in total. The number of halogens is 1. The van der Waals surface area contributed by atoms with Crippen LogP contribution in [0.5, 0.6) is 5.75 Å². The third-order valence-electron chi connectivity index (χ3n) is 3.96. The van der Waals surface area contributed by atoms with Gasteiger partial charge in [0.25, 0.3) is 0 Å². The van der Waals surface area contributed by atoms with Crippen LogP contribution >= 0.6 is 23.4 Å². The number of imide groups is 1. The minimum absolute atomic E-state index is 0.0622. The Balaban J connectivity index is 1.58. The van der Waals surface area contributed by atoms with E-state index in [1.807, 2.05) is 0 Å². The molecule has 0 spiro atoms. The predicted molar refractivity (Wildman–Crippen MR) is 106 cm³/mol. The lowest BCUT2D eigenvalue weighted by Gasteiger charge is -2.15. The topological polar surface area (TPSA) is 75.7 Å². The Hall–Kier alpha value is -2.51. The van der Waals surface area contributed by atoms with E-state index in [9.17, 15) is 14.4 Å². The van der Waals surface area contributed by atoms with E-state index in [1.54, 1.807) is 55.6 Å². The third kappa shape index (κ3) is 4.61. The number of anilines is 2. The zero-order valence-electron chi connectivity index (χ0n) is 14.5. The van der Waals surface area contributed by atoms with Crippen molar-refractivity contribution < 1.29 is 19.1 Å². The molecule has 0 radical (unpaired) electrons. The molecule has 0 aromatic heterocycles. The van der Waals surface area contributed by atoms with Gasteiger partial charge in [-0.15, -0.1) is 11.8 Å². The van der Waals surface area contributed by atoms with Crippen LogP contribution in [0, 0.1) is 0 Å². The molecular weight excluding hydrogens is 388 g/mol. The summed E-state index contributed by atoms with van der Waals surface area (Å²) in [6.45, 7) is 0. The number of amides is 3. The Morgan fingerprint density at radius 2 is 2.00 bits per heavy atom. The van der Waals surface area contributed by atoms with Crippen LogP contribution in [0.2, 0.25) is 5.02 Å². The fraction of sp³-hybridized carbons (Fsp3) is 0.211. The Labute approximate surface area is 165 Å². The van der Waals surface area contributed by atoms with Crippen LogP contribution in [0.25, 0.3) is 0 Å². The normalized spacial score (nSPS) is 16.5. The first-order valence-electron chi connectivity index (χ1n) is 8.16. The first-order valence-corrected chi connectivity index (χ1v) is 9.58. The molecule has 8 heteroatoms. The van der Waals surface area contributed by atoms with Gasteiger partial charge in [0.15, 0.2) is 0 Å². The molecule has 2 aromatic rings. The van der Waals surface area contributed by atoms with E-state index in [0.717, 1.165) is 16.7 Å². The van der Waals surface area contributed by atoms with Gasteiger partial charge < -0.3 is 10.1 Å². The fourth-order valence-electron chi connectivity index (χ4n) is 2.68. The lowest BCUT2D eigenvalue weighted by atomic mass is 10.3. The minimum Gasteiger partial charge on any atom is -0.497 e. The third-order valence-corrected chi connectivity index (χ3v) is 5.39. The standard InChI is InChI=1S/C19H17ClN2O4S/c1-26-15-7-5-14(6-8-15)22-18(24)10-16(19(22)25)27-11-17(23)21-13-4-2-3-12(20)9-13/h2-9,16H,10-11H2,1H3,(H,21,23)/t16-/m0/s1. The Morgan fingerprint density at radius 1 is 1.26 bits per heavy atom. The van der Waals surface area contributed by atoms with Gasteiger partial charge in [-0.3, -0.25) is 14.4 Å². The zero-order valence-corrected chi connectivity index (χ0v) is 16.0. The highest BCUT2D eigenvalue weighted by atomic mass is 35.5. The smallest absolute Gasteiger partial charge is 0.247 e.